The fourth-order valence-electron chi connectivity index (χ4n) is 3.45. The van der Waals surface area contributed by atoms with E-state index in [2.05, 4.69) is 10.00 Å². The van der Waals surface area contributed by atoms with E-state index in [9.17, 15) is 4.79 Å². The van der Waals surface area contributed by atoms with Crippen LogP contribution in [0.4, 0.5) is 0 Å². The van der Waals surface area contributed by atoms with Gasteiger partial charge < -0.3 is 4.90 Å². The standard InChI is InChI=1S/C22H24ClN3O/c1-25-13-4-5-18(12-14-25)26-22(27)20-7-3-2-6-19(20)21(24-26)15-16-8-10-17(23)11-9-16/h2-3,6-11,18H,4-5,12-15H2,1H3/i2D,3D,6D,7D,8D,9D,10D,11D. The van der Waals surface area contributed by atoms with Crippen LogP contribution < -0.4 is 5.56 Å². The van der Waals surface area contributed by atoms with Gasteiger partial charge in [-0.05, 0) is 63.1 Å². The number of benzene rings is 2. The van der Waals surface area contributed by atoms with Crippen LogP contribution in [-0.2, 0) is 6.42 Å². The molecule has 2 heterocycles. The van der Waals surface area contributed by atoms with Crippen molar-refractivity contribution >= 4 is 22.4 Å². The quantitative estimate of drug-likeness (QED) is 0.670. The van der Waals surface area contributed by atoms with Crippen molar-refractivity contribution in [1.82, 2.24) is 14.7 Å². The fourth-order valence-corrected chi connectivity index (χ4v) is 3.54. The van der Waals surface area contributed by atoms with Gasteiger partial charge in [-0.25, -0.2) is 4.68 Å². The molecule has 4 rings (SSSR count). The number of likely N-dealkylation sites (tertiary alicyclic amines) is 1. The Morgan fingerprint density at radius 2 is 1.85 bits per heavy atom. The molecule has 0 N–H and O–H groups in total. The number of nitrogens with zero attached hydrogens (tertiary/aromatic N) is 3. The minimum atomic E-state index is -0.610. The normalized spacial score (nSPS) is 22.7. The zero-order valence-electron chi connectivity index (χ0n) is 22.9. The van der Waals surface area contributed by atoms with Crippen LogP contribution in [0.3, 0.4) is 0 Å². The molecule has 0 bridgehead atoms. The molecule has 1 atom stereocenters. The second-order valence-corrected chi connectivity index (χ2v) is 7.18. The second kappa shape index (κ2) is 7.83. The first-order valence-electron chi connectivity index (χ1n) is 12.9. The van der Waals surface area contributed by atoms with E-state index in [1.54, 1.807) is 0 Å². The van der Waals surface area contributed by atoms with Gasteiger partial charge in [0.1, 0.15) is 0 Å². The lowest BCUT2D eigenvalue weighted by atomic mass is 10.0. The van der Waals surface area contributed by atoms with Crippen molar-refractivity contribution in [1.29, 1.82) is 0 Å². The van der Waals surface area contributed by atoms with Gasteiger partial charge in [0, 0.05) is 16.8 Å². The average Bonchev–Trinajstić information content (AvgIpc) is 3.06. The molecule has 0 aliphatic carbocycles. The highest BCUT2D eigenvalue weighted by Crippen LogP contribution is 2.23. The first kappa shape index (κ1) is 11.0. The Bertz CT molecular complexity index is 1380. The highest BCUT2D eigenvalue weighted by atomic mass is 35.5. The molecule has 2 aromatic carbocycles. The van der Waals surface area contributed by atoms with Crippen molar-refractivity contribution in [2.75, 3.05) is 20.1 Å². The first-order valence-corrected chi connectivity index (χ1v) is 9.28. The summed E-state index contributed by atoms with van der Waals surface area (Å²) in [5, 5.41) is 3.96. The van der Waals surface area contributed by atoms with Gasteiger partial charge in [-0.2, -0.15) is 5.10 Å². The van der Waals surface area contributed by atoms with Gasteiger partial charge in [-0.15, -0.1) is 0 Å². The minimum Gasteiger partial charge on any atom is -0.306 e. The van der Waals surface area contributed by atoms with E-state index < -0.39 is 41.8 Å². The van der Waals surface area contributed by atoms with Crippen molar-refractivity contribution < 1.29 is 11.0 Å². The van der Waals surface area contributed by atoms with Crippen LogP contribution in [0.1, 0.15) is 47.5 Å². The zero-order valence-corrected chi connectivity index (χ0v) is 15.7. The summed E-state index contributed by atoms with van der Waals surface area (Å²) >= 11 is 5.94. The van der Waals surface area contributed by atoms with Gasteiger partial charge >= 0.3 is 0 Å². The van der Waals surface area contributed by atoms with Gasteiger partial charge in [0.15, 0.2) is 0 Å². The highest BCUT2D eigenvalue weighted by Gasteiger charge is 2.21. The highest BCUT2D eigenvalue weighted by molar-refractivity contribution is 6.30. The Hall–Kier alpha value is -2.17. The molecule has 1 fully saturated rings. The van der Waals surface area contributed by atoms with Crippen molar-refractivity contribution in [2.45, 2.75) is 31.7 Å². The van der Waals surface area contributed by atoms with Crippen LogP contribution in [0.15, 0.2) is 53.1 Å². The van der Waals surface area contributed by atoms with Crippen molar-refractivity contribution in [3.8, 4) is 0 Å². The van der Waals surface area contributed by atoms with Gasteiger partial charge in [-0.1, -0.05) is 41.8 Å². The number of fused-ring (bicyclic) bond motifs is 1. The molecule has 1 saturated heterocycles. The van der Waals surface area contributed by atoms with Crippen LogP contribution in [0.5, 0.6) is 0 Å². The van der Waals surface area contributed by atoms with Crippen LogP contribution in [0, 0.1) is 0 Å². The van der Waals surface area contributed by atoms with Crippen LogP contribution in [0.25, 0.3) is 10.8 Å². The topological polar surface area (TPSA) is 38.1 Å². The van der Waals surface area contributed by atoms with Crippen LogP contribution in [-0.4, -0.2) is 34.8 Å². The predicted octanol–water partition coefficient (Wildman–Crippen LogP) is 4.30. The van der Waals surface area contributed by atoms with E-state index in [1.165, 1.54) is 4.68 Å². The van der Waals surface area contributed by atoms with Gasteiger partial charge in [0.05, 0.1) is 28.1 Å². The summed E-state index contributed by atoms with van der Waals surface area (Å²) in [6, 6.07) is -3.77. The van der Waals surface area contributed by atoms with E-state index in [0.717, 1.165) is 19.5 Å². The third-order valence-corrected chi connectivity index (χ3v) is 5.07. The number of hydrogen-bond acceptors (Lipinski definition) is 3. The number of halogens is 1. The lowest BCUT2D eigenvalue weighted by molar-refractivity contribution is 0.334. The van der Waals surface area contributed by atoms with E-state index in [0.29, 0.717) is 12.8 Å². The molecule has 27 heavy (non-hydrogen) atoms. The summed E-state index contributed by atoms with van der Waals surface area (Å²) < 4.78 is 67.1. The van der Waals surface area contributed by atoms with E-state index in [1.807, 2.05) is 7.05 Å². The van der Waals surface area contributed by atoms with E-state index in [4.69, 9.17) is 22.6 Å². The average molecular weight is 390 g/mol. The zero-order chi connectivity index (χ0) is 25.8. The molecule has 0 saturated carbocycles. The summed E-state index contributed by atoms with van der Waals surface area (Å²) in [6.45, 7) is 1.59. The summed E-state index contributed by atoms with van der Waals surface area (Å²) in [4.78, 5) is 15.7. The number of aromatic nitrogens is 2. The maximum absolute atomic E-state index is 13.5. The number of hydrogen-bond donors (Lipinski definition) is 0. The van der Waals surface area contributed by atoms with E-state index in [-0.39, 0.29) is 51.6 Å². The fraction of sp³-hybridized carbons (Fsp3) is 0.364. The summed E-state index contributed by atoms with van der Waals surface area (Å²) in [6.07, 6.45) is 1.85. The van der Waals surface area contributed by atoms with E-state index >= 15 is 0 Å². The molecule has 5 heteroatoms. The summed E-state index contributed by atoms with van der Waals surface area (Å²) in [7, 11) is 1.99. The molecule has 140 valence electrons. The second-order valence-electron chi connectivity index (χ2n) is 6.80. The van der Waals surface area contributed by atoms with Crippen LogP contribution >= 0.6 is 11.6 Å². The van der Waals surface area contributed by atoms with Crippen molar-refractivity contribution in [2.24, 2.45) is 0 Å². The molecule has 1 aromatic heterocycles. The monoisotopic (exact) mass is 389 g/mol. The van der Waals surface area contributed by atoms with Gasteiger partial charge in [0.2, 0.25) is 0 Å². The Balaban J connectivity index is 2.03. The van der Waals surface area contributed by atoms with Crippen molar-refractivity contribution in [3.05, 3.63) is 75.0 Å². The van der Waals surface area contributed by atoms with Gasteiger partial charge in [-0.3, -0.25) is 4.79 Å². The SMILES string of the molecule is [2H]c1c([2H])c(Cc2nn(C3CCCN(C)CC3)c(=O)c3c([2H])c([2H])c([2H])c([2H])c23)c([2H])c([2H])c1Cl. The van der Waals surface area contributed by atoms with Crippen molar-refractivity contribution in [3.63, 3.8) is 0 Å². The molecule has 4 nitrogen and oxygen atoms in total. The smallest absolute Gasteiger partial charge is 0.274 e. The third kappa shape index (κ3) is 3.92. The summed E-state index contributed by atoms with van der Waals surface area (Å²) in [5.74, 6) is 0. The Morgan fingerprint density at radius 1 is 1.11 bits per heavy atom. The van der Waals surface area contributed by atoms with Crippen LogP contribution in [0.2, 0.25) is 5.02 Å². The molecule has 1 aliphatic rings. The summed E-state index contributed by atoms with van der Waals surface area (Å²) in [5.41, 5.74) is -0.537. The van der Waals surface area contributed by atoms with Gasteiger partial charge in [0.25, 0.3) is 5.56 Å². The lowest BCUT2D eigenvalue weighted by Crippen LogP contribution is -2.29. The maximum Gasteiger partial charge on any atom is 0.274 e. The molecule has 0 radical (unpaired) electrons. The lowest BCUT2D eigenvalue weighted by Gasteiger charge is -2.19. The minimum absolute atomic E-state index is 0.0172. The molecule has 1 aliphatic heterocycles. The first-order chi connectivity index (χ1) is 16.5. The molecule has 3 aromatic rings. The maximum atomic E-state index is 13.5. The molecule has 0 spiro atoms. The Morgan fingerprint density at radius 3 is 2.63 bits per heavy atom. The third-order valence-electron chi connectivity index (χ3n) is 4.88. The molecular weight excluding hydrogens is 358 g/mol. The number of rotatable bonds is 3. The predicted molar refractivity (Wildman–Crippen MR) is 111 cm³/mol. The molecule has 0 amide bonds. The largest absolute Gasteiger partial charge is 0.306 e. The Labute approximate surface area is 175 Å². The Kier molecular flexibility index (Phi) is 3.18. The molecule has 1 unspecified atom stereocenters. The molecular formula is C22H24ClN3O.